The fraction of sp³-hybridized carbons (Fsp3) is 0. The number of allylic oxidation sites excluding steroid dienone is 1. The van der Waals surface area contributed by atoms with E-state index in [2.05, 4.69) is 39.8 Å². The molecule has 0 aliphatic carbocycles. The third-order valence-corrected chi connectivity index (χ3v) is 4.57. The summed E-state index contributed by atoms with van der Waals surface area (Å²) in [7, 11) is 0. The standard InChI is InChI=1S/C24H20N4O/c25-24(29)28-27-21(17-9-3-1-4-10-17)16-15-20-19-13-7-8-14-22(19)26-23(20)18-11-5-2-6-12-18/h1-16,26H,(H3,25,28,29)/b16-15+,27-21-. The zero-order valence-corrected chi connectivity index (χ0v) is 15.7. The summed E-state index contributed by atoms with van der Waals surface area (Å²) in [5.74, 6) is 0. The number of hydrazone groups is 1. The van der Waals surface area contributed by atoms with E-state index in [1.165, 1.54) is 0 Å². The molecule has 2 amide bonds. The van der Waals surface area contributed by atoms with Crippen molar-refractivity contribution in [3.05, 3.63) is 102 Å². The number of para-hydroxylation sites is 1. The lowest BCUT2D eigenvalue weighted by molar-refractivity contribution is 0.249. The number of urea groups is 1. The van der Waals surface area contributed by atoms with Crippen LogP contribution in [0.3, 0.4) is 0 Å². The predicted octanol–water partition coefficient (Wildman–Crippen LogP) is 4.92. The molecule has 0 atom stereocenters. The van der Waals surface area contributed by atoms with Gasteiger partial charge in [0.2, 0.25) is 0 Å². The molecule has 3 aromatic carbocycles. The van der Waals surface area contributed by atoms with E-state index in [1.807, 2.05) is 72.8 Å². The van der Waals surface area contributed by atoms with Gasteiger partial charge >= 0.3 is 6.03 Å². The zero-order chi connectivity index (χ0) is 20.1. The number of hydrogen-bond donors (Lipinski definition) is 3. The normalized spacial score (nSPS) is 11.8. The second kappa shape index (κ2) is 8.27. The van der Waals surface area contributed by atoms with Crippen molar-refractivity contribution in [3.8, 4) is 11.3 Å². The number of aromatic nitrogens is 1. The SMILES string of the molecule is NC(=O)N/N=C(/C=C/c1c(-c2ccccc2)[nH]c2ccccc12)c1ccccc1. The Morgan fingerprint density at radius 1 is 0.897 bits per heavy atom. The van der Waals surface area contributed by atoms with E-state index >= 15 is 0 Å². The van der Waals surface area contributed by atoms with Gasteiger partial charge in [0.15, 0.2) is 0 Å². The average Bonchev–Trinajstić information content (AvgIpc) is 3.13. The number of carbonyl (C=O) groups excluding carboxylic acids is 1. The number of primary amides is 1. The van der Waals surface area contributed by atoms with Crippen molar-refractivity contribution in [1.29, 1.82) is 0 Å². The highest BCUT2D eigenvalue weighted by atomic mass is 16.2. The van der Waals surface area contributed by atoms with Crippen molar-refractivity contribution in [1.82, 2.24) is 10.4 Å². The lowest BCUT2D eigenvalue weighted by Gasteiger charge is -2.04. The summed E-state index contributed by atoms with van der Waals surface area (Å²) in [5.41, 5.74) is 13.2. The maximum absolute atomic E-state index is 11.2. The maximum atomic E-state index is 11.2. The van der Waals surface area contributed by atoms with E-state index in [0.29, 0.717) is 5.71 Å². The molecule has 0 bridgehead atoms. The van der Waals surface area contributed by atoms with Crippen LogP contribution < -0.4 is 11.2 Å². The van der Waals surface area contributed by atoms with Gasteiger partial charge in [0.1, 0.15) is 0 Å². The van der Waals surface area contributed by atoms with E-state index in [-0.39, 0.29) is 0 Å². The molecule has 5 heteroatoms. The highest BCUT2D eigenvalue weighted by Crippen LogP contribution is 2.31. The van der Waals surface area contributed by atoms with Gasteiger partial charge in [-0.2, -0.15) is 5.10 Å². The molecular formula is C24H20N4O. The molecule has 4 N–H and O–H groups in total. The molecule has 4 rings (SSSR count). The van der Waals surface area contributed by atoms with Crippen molar-refractivity contribution in [2.75, 3.05) is 0 Å². The van der Waals surface area contributed by atoms with E-state index < -0.39 is 6.03 Å². The second-order valence-corrected chi connectivity index (χ2v) is 6.50. The first kappa shape index (κ1) is 18.3. The number of hydrogen-bond acceptors (Lipinski definition) is 2. The number of nitrogens with two attached hydrogens (primary N) is 1. The molecule has 0 fully saturated rings. The molecule has 0 saturated carbocycles. The number of aromatic amines is 1. The Kier molecular flexibility index (Phi) is 5.21. The van der Waals surface area contributed by atoms with Gasteiger partial charge in [0, 0.05) is 22.0 Å². The molecule has 4 aromatic rings. The van der Waals surface area contributed by atoms with E-state index in [0.717, 1.165) is 33.3 Å². The van der Waals surface area contributed by atoms with Crippen LogP contribution in [0.4, 0.5) is 4.79 Å². The Labute approximate surface area is 168 Å². The summed E-state index contributed by atoms with van der Waals surface area (Å²) in [6.45, 7) is 0. The van der Waals surface area contributed by atoms with Gasteiger partial charge in [-0.1, -0.05) is 78.9 Å². The Morgan fingerprint density at radius 2 is 1.55 bits per heavy atom. The molecule has 0 radical (unpaired) electrons. The van der Waals surface area contributed by atoms with Crippen LogP contribution in [-0.4, -0.2) is 16.7 Å². The van der Waals surface area contributed by atoms with Crippen molar-refractivity contribution in [2.24, 2.45) is 10.8 Å². The van der Waals surface area contributed by atoms with Crippen molar-refractivity contribution in [3.63, 3.8) is 0 Å². The minimum absolute atomic E-state index is 0.605. The second-order valence-electron chi connectivity index (χ2n) is 6.50. The van der Waals surface area contributed by atoms with E-state index in [4.69, 9.17) is 5.73 Å². The van der Waals surface area contributed by atoms with Crippen LogP contribution in [-0.2, 0) is 0 Å². The maximum Gasteiger partial charge on any atom is 0.332 e. The molecule has 0 spiro atoms. The van der Waals surface area contributed by atoms with E-state index in [1.54, 1.807) is 0 Å². The first-order valence-corrected chi connectivity index (χ1v) is 9.25. The largest absolute Gasteiger partial charge is 0.354 e. The summed E-state index contributed by atoms with van der Waals surface area (Å²) in [6, 6.07) is 27.3. The summed E-state index contributed by atoms with van der Waals surface area (Å²) in [6.07, 6.45) is 3.89. The van der Waals surface area contributed by atoms with Crippen LogP contribution >= 0.6 is 0 Å². The van der Waals surface area contributed by atoms with Gasteiger partial charge in [-0.3, -0.25) is 0 Å². The van der Waals surface area contributed by atoms with Crippen LogP contribution in [0.1, 0.15) is 11.1 Å². The van der Waals surface area contributed by atoms with Gasteiger partial charge in [-0.25, -0.2) is 10.2 Å². The number of benzene rings is 3. The smallest absolute Gasteiger partial charge is 0.332 e. The van der Waals surface area contributed by atoms with Crippen molar-refractivity contribution < 1.29 is 4.79 Å². The number of fused-ring (bicyclic) bond motifs is 1. The van der Waals surface area contributed by atoms with Crippen LogP contribution in [0.15, 0.2) is 96.1 Å². The average molecular weight is 380 g/mol. The van der Waals surface area contributed by atoms with Crippen molar-refractivity contribution in [2.45, 2.75) is 0 Å². The molecule has 1 aromatic heterocycles. The van der Waals surface area contributed by atoms with Crippen LogP contribution in [0.2, 0.25) is 0 Å². The third-order valence-electron chi connectivity index (χ3n) is 4.57. The molecule has 1 heterocycles. The number of amides is 2. The predicted molar refractivity (Wildman–Crippen MR) is 118 cm³/mol. The monoisotopic (exact) mass is 380 g/mol. The lowest BCUT2D eigenvalue weighted by Crippen LogP contribution is -2.25. The highest BCUT2D eigenvalue weighted by Gasteiger charge is 2.11. The van der Waals surface area contributed by atoms with Gasteiger partial charge in [0.05, 0.1) is 11.4 Å². The Balaban J connectivity index is 1.82. The Bertz CT molecular complexity index is 1190. The molecule has 0 aliphatic rings. The van der Waals surface area contributed by atoms with Crippen molar-refractivity contribution >= 4 is 28.7 Å². The molecular weight excluding hydrogens is 360 g/mol. The quantitative estimate of drug-likeness (QED) is 0.333. The summed E-state index contributed by atoms with van der Waals surface area (Å²) < 4.78 is 0. The summed E-state index contributed by atoms with van der Waals surface area (Å²) in [5, 5.41) is 5.28. The highest BCUT2D eigenvalue weighted by molar-refractivity contribution is 6.12. The molecule has 5 nitrogen and oxygen atoms in total. The Morgan fingerprint density at radius 3 is 2.28 bits per heavy atom. The fourth-order valence-corrected chi connectivity index (χ4v) is 3.25. The number of rotatable bonds is 5. The number of carbonyl (C=O) groups is 1. The minimum atomic E-state index is -0.705. The first-order chi connectivity index (χ1) is 14.2. The molecule has 142 valence electrons. The van der Waals surface area contributed by atoms with E-state index in [9.17, 15) is 4.79 Å². The molecule has 0 saturated heterocycles. The van der Waals surface area contributed by atoms with Crippen LogP contribution in [0, 0.1) is 0 Å². The zero-order valence-electron chi connectivity index (χ0n) is 15.7. The molecule has 0 unspecified atom stereocenters. The summed E-state index contributed by atoms with van der Waals surface area (Å²) in [4.78, 5) is 14.7. The summed E-state index contributed by atoms with van der Waals surface area (Å²) >= 11 is 0. The number of nitrogens with zero attached hydrogens (tertiary/aromatic N) is 1. The van der Waals surface area contributed by atoms with Gasteiger partial charge in [0.25, 0.3) is 0 Å². The topological polar surface area (TPSA) is 83.3 Å². The Hall–Kier alpha value is -4.12. The minimum Gasteiger partial charge on any atom is -0.354 e. The number of H-pyrrole nitrogens is 1. The molecule has 29 heavy (non-hydrogen) atoms. The third kappa shape index (κ3) is 4.09. The first-order valence-electron chi connectivity index (χ1n) is 9.25. The van der Waals surface area contributed by atoms with Gasteiger partial charge in [-0.05, 0) is 23.8 Å². The van der Waals surface area contributed by atoms with Gasteiger partial charge < -0.3 is 10.7 Å². The van der Waals surface area contributed by atoms with Crippen LogP contribution in [0.5, 0.6) is 0 Å². The van der Waals surface area contributed by atoms with Gasteiger partial charge in [-0.15, -0.1) is 0 Å². The molecule has 0 aliphatic heterocycles. The fourth-order valence-electron chi connectivity index (χ4n) is 3.25. The number of nitrogens with one attached hydrogen (secondary N) is 2. The lowest BCUT2D eigenvalue weighted by atomic mass is 10.0. The van der Waals surface area contributed by atoms with Crippen LogP contribution in [0.25, 0.3) is 28.2 Å².